The van der Waals surface area contributed by atoms with E-state index in [-0.39, 0.29) is 5.38 Å². The van der Waals surface area contributed by atoms with Gasteiger partial charge in [-0.25, -0.2) is 0 Å². The highest BCUT2D eigenvalue weighted by Crippen LogP contribution is 2.28. The molecule has 15 heavy (non-hydrogen) atoms. The molecule has 1 unspecified atom stereocenters. The van der Waals surface area contributed by atoms with E-state index >= 15 is 0 Å². The zero-order chi connectivity index (χ0) is 10.8. The fraction of sp³-hybridized carbons (Fsp3) is 0.231. The second-order valence-corrected chi connectivity index (χ2v) is 4.89. The molecule has 0 aliphatic rings. The summed E-state index contributed by atoms with van der Waals surface area (Å²) in [5.41, 5.74) is 1.22. The van der Waals surface area contributed by atoms with Crippen LogP contribution in [0.4, 0.5) is 0 Å². The topological polar surface area (TPSA) is 0 Å². The van der Waals surface area contributed by atoms with Gasteiger partial charge in [0, 0.05) is 15.8 Å². The van der Waals surface area contributed by atoms with E-state index in [9.17, 15) is 0 Å². The maximum atomic E-state index is 6.20. The van der Waals surface area contributed by atoms with Crippen molar-refractivity contribution in [2.75, 3.05) is 0 Å². The first-order chi connectivity index (χ1) is 7.18. The van der Waals surface area contributed by atoms with E-state index in [1.54, 1.807) is 0 Å². The average molecular weight is 239 g/mol. The molecule has 2 heteroatoms. The summed E-state index contributed by atoms with van der Waals surface area (Å²) in [5.74, 6) is 0. The largest absolute Gasteiger partial charge is 0.123 e. The van der Waals surface area contributed by atoms with E-state index in [4.69, 9.17) is 23.2 Å². The second-order valence-electron chi connectivity index (χ2n) is 3.74. The van der Waals surface area contributed by atoms with Crippen molar-refractivity contribution in [2.24, 2.45) is 0 Å². The van der Waals surface area contributed by atoms with Crippen LogP contribution in [0.15, 0.2) is 36.4 Å². The summed E-state index contributed by atoms with van der Waals surface area (Å²) in [5, 5.41) is 3.25. The van der Waals surface area contributed by atoms with Gasteiger partial charge < -0.3 is 0 Å². The van der Waals surface area contributed by atoms with Gasteiger partial charge in [0.1, 0.15) is 0 Å². The van der Waals surface area contributed by atoms with Gasteiger partial charge in [0.25, 0.3) is 0 Å². The Morgan fingerprint density at radius 1 is 1.13 bits per heavy atom. The van der Waals surface area contributed by atoms with Crippen LogP contribution in [-0.2, 0) is 6.42 Å². The van der Waals surface area contributed by atoms with Gasteiger partial charge in [0.15, 0.2) is 0 Å². The molecule has 2 aromatic rings. The monoisotopic (exact) mass is 238 g/mol. The van der Waals surface area contributed by atoms with Gasteiger partial charge in [-0.15, -0.1) is 11.6 Å². The Labute approximate surface area is 99.8 Å². The van der Waals surface area contributed by atoms with Crippen molar-refractivity contribution in [3.05, 3.63) is 47.0 Å². The quantitative estimate of drug-likeness (QED) is 0.668. The van der Waals surface area contributed by atoms with Crippen molar-refractivity contribution in [3.63, 3.8) is 0 Å². The lowest BCUT2D eigenvalue weighted by Crippen LogP contribution is -1.97. The number of hydrogen-bond acceptors (Lipinski definition) is 0. The molecule has 0 heterocycles. The minimum atomic E-state index is 0.131. The molecule has 0 aliphatic heterocycles. The molecule has 0 spiro atoms. The minimum absolute atomic E-state index is 0.131. The van der Waals surface area contributed by atoms with E-state index in [2.05, 4.69) is 18.2 Å². The average Bonchev–Trinajstić information content (AvgIpc) is 2.17. The third-order valence-corrected chi connectivity index (χ3v) is 2.91. The Kier molecular flexibility index (Phi) is 3.18. The van der Waals surface area contributed by atoms with Gasteiger partial charge in [0.05, 0.1) is 0 Å². The van der Waals surface area contributed by atoms with Gasteiger partial charge in [-0.3, -0.25) is 0 Å². The highest BCUT2D eigenvalue weighted by atomic mass is 35.5. The van der Waals surface area contributed by atoms with Crippen molar-refractivity contribution in [2.45, 2.75) is 18.7 Å². The van der Waals surface area contributed by atoms with Crippen molar-refractivity contribution in [1.29, 1.82) is 0 Å². The smallest absolute Gasteiger partial charge is 0.0487 e. The predicted octanol–water partition coefficient (Wildman–Crippen LogP) is 4.66. The standard InChI is InChI=1S/C13H12Cl2/c1-9(14)8-11-6-2-4-10-5-3-7-12(15)13(10)11/h2-7,9H,8H2,1H3. The van der Waals surface area contributed by atoms with Gasteiger partial charge in [-0.2, -0.15) is 0 Å². The lowest BCUT2D eigenvalue weighted by atomic mass is 10.0. The SMILES string of the molecule is CC(Cl)Cc1cccc2cccc(Cl)c12. The number of alkyl halides is 1. The maximum absolute atomic E-state index is 6.20. The van der Waals surface area contributed by atoms with E-state index in [0.717, 1.165) is 16.8 Å². The van der Waals surface area contributed by atoms with Crippen molar-refractivity contribution in [1.82, 2.24) is 0 Å². The Bertz CT molecular complexity index is 470. The van der Waals surface area contributed by atoms with Crippen LogP contribution in [0.3, 0.4) is 0 Å². The van der Waals surface area contributed by atoms with Crippen molar-refractivity contribution in [3.8, 4) is 0 Å². The lowest BCUT2D eigenvalue weighted by molar-refractivity contribution is 0.939. The molecule has 0 nitrogen and oxygen atoms in total. The van der Waals surface area contributed by atoms with Crippen LogP contribution in [0.25, 0.3) is 10.8 Å². The van der Waals surface area contributed by atoms with E-state index < -0.39 is 0 Å². The molecule has 0 N–H and O–H groups in total. The van der Waals surface area contributed by atoms with Gasteiger partial charge in [-0.1, -0.05) is 41.9 Å². The molecule has 0 aliphatic carbocycles. The Morgan fingerprint density at radius 2 is 1.80 bits per heavy atom. The van der Waals surface area contributed by atoms with Gasteiger partial charge in [0.2, 0.25) is 0 Å². The molecule has 0 bridgehead atoms. The molecule has 0 saturated heterocycles. The van der Waals surface area contributed by atoms with Gasteiger partial charge in [-0.05, 0) is 30.4 Å². The molecular formula is C13H12Cl2. The van der Waals surface area contributed by atoms with E-state index in [1.165, 1.54) is 10.9 Å². The molecule has 2 rings (SSSR count). The lowest BCUT2D eigenvalue weighted by Gasteiger charge is -2.09. The number of fused-ring (bicyclic) bond motifs is 1. The third-order valence-electron chi connectivity index (χ3n) is 2.44. The first-order valence-corrected chi connectivity index (χ1v) is 5.80. The van der Waals surface area contributed by atoms with Crippen molar-refractivity contribution >= 4 is 34.0 Å². The fourth-order valence-electron chi connectivity index (χ4n) is 1.84. The molecular weight excluding hydrogens is 227 g/mol. The summed E-state index contributed by atoms with van der Waals surface area (Å²) in [7, 11) is 0. The first kappa shape index (κ1) is 10.8. The Balaban J connectivity index is 2.63. The van der Waals surface area contributed by atoms with Crippen LogP contribution in [0.5, 0.6) is 0 Å². The second kappa shape index (κ2) is 4.42. The summed E-state index contributed by atoms with van der Waals surface area (Å²) in [6.07, 6.45) is 0.850. The van der Waals surface area contributed by atoms with Crippen LogP contribution < -0.4 is 0 Å². The summed E-state index contributed by atoms with van der Waals surface area (Å²) >= 11 is 12.2. The molecule has 0 aromatic heterocycles. The predicted molar refractivity (Wildman–Crippen MR) is 68.0 cm³/mol. The number of benzene rings is 2. The number of hydrogen-bond donors (Lipinski definition) is 0. The summed E-state index contributed by atoms with van der Waals surface area (Å²) in [4.78, 5) is 0. The van der Waals surface area contributed by atoms with Crippen molar-refractivity contribution < 1.29 is 0 Å². The number of halogens is 2. The summed E-state index contributed by atoms with van der Waals surface area (Å²) in [6.45, 7) is 2.00. The van der Waals surface area contributed by atoms with Crippen LogP contribution in [0.1, 0.15) is 12.5 Å². The Hall–Kier alpha value is -0.720. The zero-order valence-corrected chi connectivity index (χ0v) is 10.0. The number of rotatable bonds is 2. The molecule has 2 aromatic carbocycles. The zero-order valence-electron chi connectivity index (χ0n) is 8.50. The minimum Gasteiger partial charge on any atom is -0.123 e. The normalized spacial score (nSPS) is 13.0. The first-order valence-electron chi connectivity index (χ1n) is 4.98. The molecule has 78 valence electrons. The van der Waals surface area contributed by atoms with E-state index in [0.29, 0.717) is 0 Å². The van der Waals surface area contributed by atoms with E-state index in [1.807, 2.05) is 25.1 Å². The maximum Gasteiger partial charge on any atom is 0.0487 e. The van der Waals surface area contributed by atoms with Gasteiger partial charge >= 0.3 is 0 Å². The highest BCUT2D eigenvalue weighted by Gasteiger charge is 2.06. The third kappa shape index (κ3) is 2.27. The highest BCUT2D eigenvalue weighted by molar-refractivity contribution is 6.35. The summed E-state index contributed by atoms with van der Waals surface area (Å²) in [6, 6.07) is 12.2. The molecule has 0 amide bonds. The van der Waals surface area contributed by atoms with Crippen LogP contribution >= 0.6 is 23.2 Å². The molecule has 0 radical (unpaired) electrons. The molecule has 0 fully saturated rings. The fourth-order valence-corrected chi connectivity index (χ4v) is 2.31. The Morgan fingerprint density at radius 3 is 2.47 bits per heavy atom. The summed E-state index contributed by atoms with van der Waals surface area (Å²) < 4.78 is 0. The van der Waals surface area contributed by atoms with Crippen LogP contribution in [0.2, 0.25) is 5.02 Å². The van der Waals surface area contributed by atoms with Crippen LogP contribution in [0, 0.1) is 0 Å². The molecule has 1 atom stereocenters. The van der Waals surface area contributed by atoms with Crippen LogP contribution in [-0.4, -0.2) is 5.38 Å². The molecule has 0 saturated carbocycles.